The van der Waals surface area contributed by atoms with Crippen molar-refractivity contribution in [1.82, 2.24) is 9.88 Å². The molecular weight excluding hydrogens is 354 g/mol. The number of alkyl halides is 2. The second-order valence-electron chi connectivity index (χ2n) is 6.18. The lowest BCUT2D eigenvalue weighted by molar-refractivity contribution is -0.125. The molecule has 0 aliphatic rings. The zero-order chi connectivity index (χ0) is 19.6. The van der Waals surface area contributed by atoms with Crippen LogP contribution in [0.2, 0.25) is 0 Å². The van der Waals surface area contributed by atoms with Gasteiger partial charge in [-0.2, -0.15) is 8.78 Å². The van der Waals surface area contributed by atoms with E-state index < -0.39 is 18.3 Å². The number of nitrogens with one attached hydrogen (secondary N) is 1. The van der Waals surface area contributed by atoms with Crippen LogP contribution in [0.25, 0.3) is 10.9 Å². The third-order valence-electron chi connectivity index (χ3n) is 4.23. The van der Waals surface area contributed by atoms with Gasteiger partial charge in [0.15, 0.2) is 0 Å². The van der Waals surface area contributed by atoms with E-state index in [1.54, 1.807) is 25.1 Å². The number of benzene rings is 2. The van der Waals surface area contributed by atoms with E-state index in [4.69, 9.17) is 0 Å². The number of rotatable bonds is 6. The van der Waals surface area contributed by atoms with Gasteiger partial charge in [0.2, 0.25) is 0 Å². The van der Waals surface area contributed by atoms with Crippen molar-refractivity contribution in [3.8, 4) is 5.75 Å². The van der Waals surface area contributed by atoms with Gasteiger partial charge < -0.3 is 14.6 Å². The lowest BCUT2D eigenvalue weighted by Gasteiger charge is -2.17. The third kappa shape index (κ3) is 3.97. The smallest absolute Gasteiger partial charge is 0.387 e. The van der Waals surface area contributed by atoms with Crippen LogP contribution in [0, 0.1) is 6.92 Å². The normalized spacial score (nSPS) is 11.0. The van der Waals surface area contributed by atoms with E-state index >= 15 is 0 Å². The molecule has 0 unspecified atom stereocenters. The lowest BCUT2D eigenvalue weighted by Crippen LogP contribution is -2.33. The minimum absolute atomic E-state index is 0.0354. The van der Waals surface area contributed by atoms with Crippen LogP contribution in [0.5, 0.6) is 5.75 Å². The number of likely N-dealkylation sites (N-methyl/N-ethyl adjacent to an activating group) is 1. The number of halogens is 2. The Morgan fingerprint density at radius 2 is 1.78 bits per heavy atom. The Hall–Kier alpha value is -3.22. The molecule has 3 aromatic rings. The molecule has 0 spiro atoms. The number of para-hydroxylation sites is 1. The summed E-state index contributed by atoms with van der Waals surface area (Å²) >= 11 is 0. The summed E-state index contributed by atoms with van der Waals surface area (Å²) in [4.78, 5) is 29.7. The number of H-pyrrole nitrogens is 1. The highest BCUT2D eigenvalue weighted by atomic mass is 19.3. The van der Waals surface area contributed by atoms with Crippen molar-refractivity contribution in [2.75, 3.05) is 7.05 Å². The minimum atomic E-state index is -2.89. The zero-order valence-corrected chi connectivity index (χ0v) is 14.8. The molecule has 0 aliphatic carbocycles. The molecule has 0 aliphatic heterocycles. The van der Waals surface area contributed by atoms with Crippen molar-refractivity contribution in [2.24, 2.45) is 0 Å². The van der Waals surface area contributed by atoms with Crippen molar-refractivity contribution in [2.45, 2.75) is 20.1 Å². The summed E-state index contributed by atoms with van der Waals surface area (Å²) in [6, 6.07) is 13.2. The van der Waals surface area contributed by atoms with Crippen LogP contribution in [0.1, 0.15) is 21.6 Å². The Balaban J connectivity index is 1.74. The number of carbonyl (C=O) groups excluding carboxylic acids is 2. The molecule has 140 valence electrons. The molecule has 0 bridgehead atoms. The van der Waals surface area contributed by atoms with Gasteiger partial charge in [0.05, 0.1) is 5.56 Å². The fourth-order valence-corrected chi connectivity index (χ4v) is 2.97. The maximum absolute atomic E-state index is 12.7. The number of carbonyl (C=O) groups is 2. The van der Waals surface area contributed by atoms with Crippen LogP contribution in [-0.2, 0) is 11.3 Å². The van der Waals surface area contributed by atoms with Gasteiger partial charge in [-0.25, -0.2) is 0 Å². The van der Waals surface area contributed by atoms with Crippen molar-refractivity contribution in [3.05, 3.63) is 65.4 Å². The van der Waals surface area contributed by atoms with Gasteiger partial charge in [-0.3, -0.25) is 9.59 Å². The number of ketones is 1. The first-order chi connectivity index (χ1) is 12.9. The molecule has 0 fully saturated rings. The number of aromatic amines is 1. The highest BCUT2D eigenvalue weighted by Gasteiger charge is 2.25. The van der Waals surface area contributed by atoms with E-state index in [0.717, 1.165) is 5.52 Å². The Morgan fingerprint density at radius 3 is 2.44 bits per heavy atom. The molecule has 7 heteroatoms. The summed E-state index contributed by atoms with van der Waals surface area (Å²) in [6.45, 7) is -0.972. The number of amides is 1. The summed E-state index contributed by atoms with van der Waals surface area (Å²) in [6.07, 6.45) is 0. The lowest BCUT2D eigenvalue weighted by atomic mass is 10.1. The average Bonchev–Trinajstić information content (AvgIpc) is 2.97. The number of nitrogens with zero attached hydrogens (tertiary/aromatic N) is 1. The van der Waals surface area contributed by atoms with Crippen molar-refractivity contribution in [3.63, 3.8) is 0 Å². The van der Waals surface area contributed by atoms with Gasteiger partial charge in [0, 0.05) is 30.2 Å². The van der Waals surface area contributed by atoms with Gasteiger partial charge in [-0.1, -0.05) is 30.3 Å². The van der Waals surface area contributed by atoms with Crippen LogP contribution in [0.15, 0.2) is 48.5 Å². The number of hydrogen-bond donors (Lipinski definition) is 1. The summed E-state index contributed by atoms with van der Waals surface area (Å²) in [5, 5.41) is 0.704. The Bertz CT molecular complexity index is 981. The maximum atomic E-state index is 12.7. The van der Waals surface area contributed by atoms with E-state index in [9.17, 15) is 18.4 Å². The molecule has 0 atom stereocenters. The van der Waals surface area contributed by atoms with E-state index in [1.807, 2.05) is 18.2 Å². The van der Waals surface area contributed by atoms with Crippen LogP contribution in [-0.4, -0.2) is 35.2 Å². The highest BCUT2D eigenvalue weighted by molar-refractivity contribution is 6.45. The second kappa shape index (κ2) is 7.57. The molecule has 1 amide bonds. The molecule has 27 heavy (non-hydrogen) atoms. The first-order valence-corrected chi connectivity index (χ1v) is 8.27. The fourth-order valence-electron chi connectivity index (χ4n) is 2.97. The molecular formula is C20H18F2N2O3. The van der Waals surface area contributed by atoms with Crippen LogP contribution in [0.3, 0.4) is 0 Å². The standard InChI is InChI=1S/C20H18F2N2O3/c1-12-17(15-5-3-4-6-16(15)23-12)18(25)19(26)24(2)11-13-7-9-14(10-8-13)27-20(21)22/h3-10,20,23H,11H2,1-2H3. The number of aryl methyl sites for hydroxylation is 1. The molecule has 1 aromatic heterocycles. The minimum Gasteiger partial charge on any atom is -0.435 e. The van der Waals surface area contributed by atoms with Crippen LogP contribution in [0.4, 0.5) is 8.78 Å². The quantitative estimate of drug-likeness (QED) is 0.527. The summed E-state index contributed by atoms with van der Waals surface area (Å²) < 4.78 is 28.7. The maximum Gasteiger partial charge on any atom is 0.387 e. The molecule has 0 radical (unpaired) electrons. The average molecular weight is 372 g/mol. The molecule has 1 heterocycles. The molecule has 2 aromatic carbocycles. The predicted molar refractivity (Wildman–Crippen MR) is 96.9 cm³/mol. The fraction of sp³-hybridized carbons (Fsp3) is 0.200. The van der Waals surface area contributed by atoms with E-state index in [-0.39, 0.29) is 12.3 Å². The van der Waals surface area contributed by atoms with Crippen molar-refractivity contribution >= 4 is 22.6 Å². The van der Waals surface area contributed by atoms with Crippen molar-refractivity contribution < 1.29 is 23.1 Å². The Kier molecular flexibility index (Phi) is 5.21. The van der Waals surface area contributed by atoms with Crippen LogP contribution < -0.4 is 4.74 Å². The molecule has 1 N–H and O–H groups in total. The molecule has 0 saturated carbocycles. The Morgan fingerprint density at radius 1 is 1.11 bits per heavy atom. The molecule has 5 nitrogen and oxygen atoms in total. The first-order valence-electron chi connectivity index (χ1n) is 8.27. The summed E-state index contributed by atoms with van der Waals surface area (Å²) in [5.41, 5.74) is 2.49. The van der Waals surface area contributed by atoms with Gasteiger partial charge in [-0.05, 0) is 30.7 Å². The zero-order valence-electron chi connectivity index (χ0n) is 14.8. The number of ether oxygens (including phenoxy) is 1. The first kappa shape index (κ1) is 18.6. The van der Waals surface area contributed by atoms with Gasteiger partial charge >= 0.3 is 6.61 Å². The van der Waals surface area contributed by atoms with Gasteiger partial charge in [-0.15, -0.1) is 0 Å². The van der Waals surface area contributed by atoms with E-state index in [0.29, 0.717) is 22.2 Å². The number of aromatic nitrogens is 1. The van der Waals surface area contributed by atoms with Crippen LogP contribution >= 0.6 is 0 Å². The second-order valence-corrected chi connectivity index (χ2v) is 6.18. The topological polar surface area (TPSA) is 62.4 Å². The monoisotopic (exact) mass is 372 g/mol. The predicted octanol–water partition coefficient (Wildman–Crippen LogP) is 3.92. The van der Waals surface area contributed by atoms with Gasteiger partial charge in [0.1, 0.15) is 5.75 Å². The van der Waals surface area contributed by atoms with E-state index in [2.05, 4.69) is 9.72 Å². The summed E-state index contributed by atoms with van der Waals surface area (Å²) in [5.74, 6) is -1.20. The summed E-state index contributed by atoms with van der Waals surface area (Å²) in [7, 11) is 1.52. The largest absolute Gasteiger partial charge is 0.435 e. The van der Waals surface area contributed by atoms with Crippen molar-refractivity contribution in [1.29, 1.82) is 0 Å². The van der Waals surface area contributed by atoms with E-state index in [1.165, 1.54) is 24.1 Å². The third-order valence-corrected chi connectivity index (χ3v) is 4.23. The number of hydrogen-bond acceptors (Lipinski definition) is 3. The Labute approximate surface area is 154 Å². The SMILES string of the molecule is Cc1[nH]c2ccccc2c1C(=O)C(=O)N(C)Cc1ccc(OC(F)F)cc1. The molecule has 3 rings (SSSR count). The number of Topliss-reactive ketones (excluding diaryl/α,β-unsaturated/α-hetero) is 1. The molecule has 0 saturated heterocycles. The van der Waals surface area contributed by atoms with Gasteiger partial charge in [0.25, 0.3) is 11.7 Å². The number of fused-ring (bicyclic) bond motifs is 1. The highest BCUT2D eigenvalue weighted by Crippen LogP contribution is 2.23.